The molecule has 2 unspecified atom stereocenters. The first-order chi connectivity index (χ1) is 7.94. The molecule has 2 fully saturated rings. The summed E-state index contributed by atoms with van der Waals surface area (Å²) < 4.78 is 5.17. The maximum Gasteiger partial charge on any atom is 0.313 e. The highest BCUT2D eigenvalue weighted by Crippen LogP contribution is 2.45. The smallest absolute Gasteiger partial charge is 0.313 e. The Morgan fingerprint density at radius 3 is 2.65 bits per heavy atom. The lowest BCUT2D eigenvalue weighted by Crippen LogP contribution is -2.52. The standard InChI is InChI=1S/C11H18N2O4/c1-10(9(15)16)6-17-4-7(10)13-8(14)11(5-12)2-3-11/h7H,2-6,12H2,1H3,(H,13,14)(H,15,16). The van der Waals surface area contributed by atoms with Crippen molar-refractivity contribution in [1.29, 1.82) is 0 Å². The number of ether oxygens (including phenoxy) is 1. The lowest BCUT2D eigenvalue weighted by Gasteiger charge is -2.27. The van der Waals surface area contributed by atoms with Gasteiger partial charge in [-0.3, -0.25) is 9.59 Å². The summed E-state index contributed by atoms with van der Waals surface area (Å²) in [5, 5.41) is 12.0. The van der Waals surface area contributed by atoms with Crippen molar-refractivity contribution in [2.24, 2.45) is 16.6 Å². The number of carboxylic acids is 1. The Balaban J connectivity index is 2.04. The van der Waals surface area contributed by atoms with Crippen LogP contribution in [0.1, 0.15) is 19.8 Å². The van der Waals surface area contributed by atoms with Crippen LogP contribution >= 0.6 is 0 Å². The molecule has 0 bridgehead atoms. The van der Waals surface area contributed by atoms with Gasteiger partial charge in [0.2, 0.25) is 5.91 Å². The van der Waals surface area contributed by atoms with Crippen molar-refractivity contribution < 1.29 is 19.4 Å². The lowest BCUT2D eigenvalue weighted by molar-refractivity contribution is -0.149. The second-order valence-electron chi connectivity index (χ2n) is 5.25. The summed E-state index contributed by atoms with van der Waals surface area (Å²) in [6.45, 7) is 2.28. The zero-order valence-corrected chi connectivity index (χ0v) is 9.86. The summed E-state index contributed by atoms with van der Waals surface area (Å²) >= 11 is 0. The van der Waals surface area contributed by atoms with E-state index in [2.05, 4.69) is 5.32 Å². The van der Waals surface area contributed by atoms with Crippen LogP contribution in [0.5, 0.6) is 0 Å². The molecule has 6 heteroatoms. The Hall–Kier alpha value is -1.14. The van der Waals surface area contributed by atoms with Gasteiger partial charge in [-0.2, -0.15) is 0 Å². The molecule has 1 saturated carbocycles. The minimum Gasteiger partial charge on any atom is -0.481 e. The van der Waals surface area contributed by atoms with Crippen LogP contribution < -0.4 is 11.1 Å². The molecular weight excluding hydrogens is 224 g/mol. The van der Waals surface area contributed by atoms with Crippen LogP contribution in [-0.2, 0) is 14.3 Å². The number of carbonyl (C=O) groups is 2. The van der Waals surface area contributed by atoms with E-state index in [4.69, 9.17) is 10.5 Å². The number of aliphatic carboxylic acids is 1. The van der Waals surface area contributed by atoms with Crippen LogP contribution in [-0.4, -0.2) is 42.8 Å². The number of rotatable bonds is 4. The van der Waals surface area contributed by atoms with Crippen molar-refractivity contribution in [2.45, 2.75) is 25.8 Å². The first kappa shape index (κ1) is 12.3. The summed E-state index contributed by atoms with van der Waals surface area (Å²) in [5.41, 5.74) is 4.07. The Morgan fingerprint density at radius 1 is 1.53 bits per heavy atom. The predicted molar refractivity (Wildman–Crippen MR) is 59.2 cm³/mol. The van der Waals surface area contributed by atoms with Gasteiger partial charge in [0.05, 0.1) is 24.7 Å². The molecule has 1 aliphatic carbocycles. The van der Waals surface area contributed by atoms with Crippen LogP contribution in [0.2, 0.25) is 0 Å². The van der Waals surface area contributed by atoms with Gasteiger partial charge < -0.3 is 20.9 Å². The molecule has 1 aliphatic heterocycles. The Labute approximate surface area is 99.5 Å². The van der Waals surface area contributed by atoms with E-state index in [-0.39, 0.29) is 19.1 Å². The third kappa shape index (κ3) is 1.91. The van der Waals surface area contributed by atoms with Crippen LogP contribution in [0.25, 0.3) is 0 Å². The summed E-state index contributed by atoms with van der Waals surface area (Å²) in [4.78, 5) is 23.2. The molecule has 6 nitrogen and oxygen atoms in total. The molecule has 1 heterocycles. The van der Waals surface area contributed by atoms with Crippen molar-refractivity contribution in [3.05, 3.63) is 0 Å². The van der Waals surface area contributed by atoms with E-state index < -0.39 is 22.8 Å². The lowest BCUT2D eigenvalue weighted by atomic mass is 9.85. The molecule has 2 atom stereocenters. The summed E-state index contributed by atoms with van der Waals surface area (Å²) in [5.74, 6) is -1.08. The highest BCUT2D eigenvalue weighted by molar-refractivity contribution is 5.87. The maximum absolute atomic E-state index is 12.0. The molecule has 0 radical (unpaired) electrons. The quantitative estimate of drug-likeness (QED) is 0.607. The Bertz CT molecular complexity index is 353. The molecule has 1 amide bonds. The van der Waals surface area contributed by atoms with E-state index in [9.17, 15) is 14.7 Å². The normalized spacial score (nSPS) is 34.4. The number of hydrogen-bond acceptors (Lipinski definition) is 4. The van der Waals surface area contributed by atoms with Gasteiger partial charge in [0.15, 0.2) is 0 Å². The van der Waals surface area contributed by atoms with Gasteiger partial charge >= 0.3 is 5.97 Å². The highest BCUT2D eigenvalue weighted by Gasteiger charge is 2.53. The van der Waals surface area contributed by atoms with Crippen molar-refractivity contribution in [3.63, 3.8) is 0 Å². The molecule has 0 aromatic rings. The van der Waals surface area contributed by atoms with Gasteiger partial charge in [-0.05, 0) is 19.8 Å². The second kappa shape index (κ2) is 3.96. The number of nitrogens with one attached hydrogen (secondary N) is 1. The average Bonchev–Trinajstić information content (AvgIpc) is 3.00. The molecule has 4 N–H and O–H groups in total. The number of hydrogen-bond donors (Lipinski definition) is 3. The molecule has 17 heavy (non-hydrogen) atoms. The van der Waals surface area contributed by atoms with Crippen LogP contribution in [0.15, 0.2) is 0 Å². The van der Waals surface area contributed by atoms with Gasteiger partial charge in [-0.25, -0.2) is 0 Å². The SMILES string of the molecule is CC1(C(=O)O)COCC1NC(=O)C1(CN)CC1. The third-order valence-corrected chi connectivity index (χ3v) is 3.98. The molecule has 0 aromatic heterocycles. The molecular formula is C11H18N2O4. The molecule has 0 aromatic carbocycles. The number of carboxylic acid groups (broad SMARTS) is 1. The average molecular weight is 242 g/mol. The fourth-order valence-electron chi connectivity index (χ4n) is 2.07. The minimum absolute atomic E-state index is 0.128. The summed E-state index contributed by atoms with van der Waals surface area (Å²) in [6.07, 6.45) is 1.57. The van der Waals surface area contributed by atoms with Crippen molar-refractivity contribution in [1.82, 2.24) is 5.32 Å². The van der Waals surface area contributed by atoms with Gasteiger partial charge in [-0.15, -0.1) is 0 Å². The number of carbonyl (C=O) groups excluding carboxylic acids is 1. The first-order valence-corrected chi connectivity index (χ1v) is 5.77. The summed E-state index contributed by atoms with van der Waals surface area (Å²) in [7, 11) is 0. The molecule has 1 saturated heterocycles. The van der Waals surface area contributed by atoms with Gasteiger partial charge in [0.1, 0.15) is 5.41 Å². The van der Waals surface area contributed by atoms with E-state index >= 15 is 0 Å². The van der Waals surface area contributed by atoms with Gasteiger partial charge in [0, 0.05) is 6.54 Å². The van der Waals surface area contributed by atoms with Crippen LogP contribution in [0, 0.1) is 10.8 Å². The van der Waals surface area contributed by atoms with E-state index in [0.717, 1.165) is 12.8 Å². The fourth-order valence-corrected chi connectivity index (χ4v) is 2.07. The van der Waals surface area contributed by atoms with Crippen LogP contribution in [0.4, 0.5) is 0 Å². The van der Waals surface area contributed by atoms with E-state index in [1.54, 1.807) is 6.92 Å². The second-order valence-corrected chi connectivity index (χ2v) is 5.25. The first-order valence-electron chi connectivity index (χ1n) is 5.77. The molecule has 2 rings (SSSR count). The fraction of sp³-hybridized carbons (Fsp3) is 0.818. The third-order valence-electron chi connectivity index (χ3n) is 3.98. The molecule has 96 valence electrons. The Morgan fingerprint density at radius 2 is 2.18 bits per heavy atom. The molecule has 0 spiro atoms. The van der Waals surface area contributed by atoms with Crippen LogP contribution in [0.3, 0.4) is 0 Å². The number of nitrogens with two attached hydrogens (primary N) is 1. The minimum atomic E-state index is -1.04. The van der Waals surface area contributed by atoms with E-state index in [0.29, 0.717) is 6.54 Å². The van der Waals surface area contributed by atoms with Gasteiger partial charge in [0.25, 0.3) is 0 Å². The zero-order chi connectivity index (χ0) is 12.7. The van der Waals surface area contributed by atoms with Crippen molar-refractivity contribution >= 4 is 11.9 Å². The number of amides is 1. The topological polar surface area (TPSA) is 102 Å². The monoisotopic (exact) mass is 242 g/mol. The van der Waals surface area contributed by atoms with Crippen molar-refractivity contribution in [3.8, 4) is 0 Å². The zero-order valence-electron chi connectivity index (χ0n) is 9.86. The maximum atomic E-state index is 12.0. The summed E-state index contributed by atoms with van der Waals surface area (Å²) in [6, 6.07) is -0.475. The van der Waals surface area contributed by atoms with E-state index in [1.165, 1.54) is 0 Å². The largest absolute Gasteiger partial charge is 0.481 e. The van der Waals surface area contributed by atoms with Gasteiger partial charge in [-0.1, -0.05) is 0 Å². The van der Waals surface area contributed by atoms with E-state index in [1.807, 2.05) is 0 Å². The predicted octanol–water partition coefficient (Wildman–Crippen LogP) is -0.669. The Kier molecular flexibility index (Phi) is 2.87. The van der Waals surface area contributed by atoms with Crippen molar-refractivity contribution in [2.75, 3.05) is 19.8 Å². The molecule has 2 aliphatic rings. The highest BCUT2D eigenvalue weighted by atomic mass is 16.5.